The predicted octanol–water partition coefficient (Wildman–Crippen LogP) is -0.797. The minimum atomic E-state index is -1.06. The minimum Gasteiger partial charge on any atom is -0.508 e. The number of aliphatic carboxylic acids is 1. The number of nitrogens with one attached hydrogen (secondary N) is 3. The highest BCUT2D eigenvalue weighted by molar-refractivity contribution is 8.01. The van der Waals surface area contributed by atoms with Crippen LogP contribution in [0, 0.1) is 0 Å². The fourth-order valence-electron chi connectivity index (χ4n) is 3.83. The number of rotatable bonds is 4. The molecular weight excluding hydrogens is 422 g/mol. The molecule has 0 aliphatic carbocycles. The van der Waals surface area contributed by atoms with Gasteiger partial charge in [-0.25, -0.2) is 4.79 Å². The first kappa shape index (κ1) is 23.3. The lowest BCUT2D eigenvalue weighted by Crippen LogP contribution is -2.71. The molecule has 10 nitrogen and oxygen atoms in total. The molecule has 3 aliphatic rings. The van der Waals surface area contributed by atoms with Crippen LogP contribution in [0.25, 0.3) is 0 Å². The topological polar surface area (TPSA) is 157 Å². The van der Waals surface area contributed by atoms with Crippen LogP contribution >= 0.6 is 11.8 Å². The van der Waals surface area contributed by atoms with Crippen molar-refractivity contribution < 1.29 is 24.6 Å². The normalized spacial score (nSPS) is 27.3. The minimum absolute atomic E-state index is 0.0606. The molecule has 3 aliphatic heterocycles. The second-order valence-electron chi connectivity index (χ2n) is 8.15. The lowest BCUT2D eigenvalue weighted by atomic mass is 9.95. The molecule has 0 unspecified atom stereocenters. The van der Waals surface area contributed by atoms with Crippen LogP contribution in [0.4, 0.5) is 0 Å². The summed E-state index contributed by atoms with van der Waals surface area (Å²) in [6.07, 6.45) is 0. The summed E-state index contributed by atoms with van der Waals surface area (Å²) < 4.78 is -0.648. The van der Waals surface area contributed by atoms with Gasteiger partial charge in [0.1, 0.15) is 29.2 Å². The number of β-lactam (4-membered cyclic amide) rings is 1. The van der Waals surface area contributed by atoms with Crippen molar-refractivity contribution in [2.75, 3.05) is 26.2 Å². The molecule has 0 aromatic heterocycles. The first-order valence-corrected chi connectivity index (χ1v) is 11.0. The molecule has 1 aromatic carbocycles. The van der Waals surface area contributed by atoms with Gasteiger partial charge in [-0.05, 0) is 31.5 Å². The zero-order valence-electron chi connectivity index (χ0n) is 17.5. The average molecular weight is 452 g/mol. The summed E-state index contributed by atoms with van der Waals surface area (Å²) in [5.41, 5.74) is 6.41. The van der Waals surface area contributed by atoms with E-state index in [0.717, 1.165) is 26.2 Å². The van der Waals surface area contributed by atoms with E-state index in [1.165, 1.54) is 40.9 Å². The van der Waals surface area contributed by atoms with E-state index >= 15 is 0 Å². The summed E-state index contributed by atoms with van der Waals surface area (Å²) in [6, 6.07) is 3.21. The number of hydrogen-bond acceptors (Lipinski definition) is 8. The Morgan fingerprint density at radius 3 is 2.23 bits per heavy atom. The molecule has 4 rings (SSSR count). The summed E-state index contributed by atoms with van der Waals surface area (Å²) in [5.74, 6) is -1.94. The van der Waals surface area contributed by atoms with Gasteiger partial charge in [-0.2, -0.15) is 0 Å². The number of carbonyl (C=O) groups is 3. The van der Waals surface area contributed by atoms with Gasteiger partial charge in [0, 0.05) is 30.9 Å². The maximum absolute atomic E-state index is 12.3. The monoisotopic (exact) mass is 451 g/mol. The van der Waals surface area contributed by atoms with Crippen LogP contribution in [0.1, 0.15) is 25.5 Å². The van der Waals surface area contributed by atoms with Gasteiger partial charge >= 0.3 is 5.97 Å². The number of carboxylic acids is 1. The number of carbonyl (C=O) groups excluding carboxylic acids is 2. The third-order valence-corrected chi connectivity index (χ3v) is 7.04. The molecule has 0 saturated carbocycles. The molecular formula is C20H29N5O5S. The first-order chi connectivity index (χ1) is 14.6. The zero-order valence-corrected chi connectivity index (χ0v) is 18.3. The smallest absolute Gasteiger partial charge is 0.327 e. The Morgan fingerprint density at radius 2 is 1.74 bits per heavy atom. The van der Waals surface area contributed by atoms with E-state index in [9.17, 15) is 24.6 Å². The predicted molar refractivity (Wildman–Crippen MR) is 116 cm³/mol. The second-order valence-corrected chi connectivity index (χ2v) is 9.92. The summed E-state index contributed by atoms with van der Waals surface area (Å²) in [5, 5.41) is 27.3. The van der Waals surface area contributed by atoms with Gasteiger partial charge in [-0.15, -0.1) is 11.8 Å². The van der Waals surface area contributed by atoms with E-state index in [4.69, 9.17) is 5.73 Å². The van der Waals surface area contributed by atoms with Gasteiger partial charge < -0.3 is 36.8 Å². The van der Waals surface area contributed by atoms with Crippen molar-refractivity contribution in [2.45, 2.75) is 42.1 Å². The second kappa shape index (κ2) is 9.43. The SMILES string of the molecule is C1CNCCN1.CC1(C)S[C@@H]2[C@H](NC(=O)[C@H](N)c3ccc(O)cc3)C(=O)N2[C@H]1C(=O)O. The quantitative estimate of drug-likeness (QED) is 0.323. The molecule has 2 amide bonds. The number of fused-ring (bicyclic) bond motifs is 1. The zero-order chi connectivity index (χ0) is 22.8. The third-order valence-electron chi connectivity index (χ3n) is 5.46. The Labute approximate surface area is 184 Å². The number of phenolic OH excluding ortho intramolecular Hbond substituents is 1. The van der Waals surface area contributed by atoms with E-state index in [1.54, 1.807) is 13.8 Å². The largest absolute Gasteiger partial charge is 0.508 e. The molecule has 3 heterocycles. The maximum Gasteiger partial charge on any atom is 0.327 e. The lowest BCUT2D eigenvalue weighted by Gasteiger charge is -2.43. The molecule has 0 spiro atoms. The molecule has 3 saturated heterocycles. The lowest BCUT2D eigenvalue weighted by molar-refractivity contribution is -0.161. The van der Waals surface area contributed by atoms with Gasteiger partial charge in [-0.1, -0.05) is 12.1 Å². The Kier molecular flexibility index (Phi) is 7.10. The van der Waals surface area contributed by atoms with Crippen molar-refractivity contribution in [3.8, 4) is 5.75 Å². The maximum atomic E-state index is 12.3. The Hall–Kier alpha value is -2.34. The van der Waals surface area contributed by atoms with Gasteiger partial charge in [0.25, 0.3) is 0 Å². The van der Waals surface area contributed by atoms with Gasteiger partial charge in [0.2, 0.25) is 11.8 Å². The number of carboxylic acid groups (broad SMARTS) is 1. The summed E-state index contributed by atoms with van der Waals surface area (Å²) in [7, 11) is 0. The standard InChI is InChI=1S/C16H19N3O5S.C4H10N2/c1-16(2)11(15(23)24)19-13(22)10(14(19)25-16)18-12(21)9(17)7-3-5-8(20)6-4-7;1-2-6-4-3-5-1/h3-6,9-11,14,20H,17H2,1-2H3,(H,18,21)(H,23,24);5-6H,1-4H2/t9-,10-,11+,14-;/m1./s1. The summed E-state index contributed by atoms with van der Waals surface area (Å²) >= 11 is 1.35. The molecule has 31 heavy (non-hydrogen) atoms. The van der Waals surface area contributed by atoms with Crippen LogP contribution in [0.15, 0.2) is 24.3 Å². The highest BCUT2D eigenvalue weighted by Crippen LogP contribution is 2.50. The Morgan fingerprint density at radius 1 is 1.19 bits per heavy atom. The van der Waals surface area contributed by atoms with Crippen LogP contribution in [0.5, 0.6) is 5.75 Å². The molecule has 7 N–H and O–H groups in total. The van der Waals surface area contributed by atoms with Crippen LogP contribution < -0.4 is 21.7 Å². The number of amides is 2. The van der Waals surface area contributed by atoms with E-state index in [0.29, 0.717) is 5.56 Å². The van der Waals surface area contributed by atoms with E-state index < -0.39 is 46.0 Å². The van der Waals surface area contributed by atoms with Gasteiger partial charge in [0.05, 0.1) is 0 Å². The van der Waals surface area contributed by atoms with Crippen LogP contribution in [-0.2, 0) is 14.4 Å². The highest BCUT2D eigenvalue weighted by Gasteiger charge is 2.64. The molecule has 0 radical (unpaired) electrons. The molecule has 170 valence electrons. The number of aromatic hydroxyl groups is 1. The number of benzene rings is 1. The average Bonchev–Trinajstić information content (AvgIpc) is 3.01. The van der Waals surface area contributed by atoms with Crippen molar-refractivity contribution in [1.29, 1.82) is 0 Å². The van der Waals surface area contributed by atoms with Crippen LogP contribution in [0.2, 0.25) is 0 Å². The van der Waals surface area contributed by atoms with Crippen molar-refractivity contribution in [2.24, 2.45) is 5.73 Å². The van der Waals surface area contributed by atoms with Crippen molar-refractivity contribution >= 4 is 29.5 Å². The van der Waals surface area contributed by atoms with Gasteiger partial charge in [-0.3, -0.25) is 9.59 Å². The number of phenols is 1. The number of piperazine rings is 1. The molecule has 1 aromatic rings. The van der Waals surface area contributed by atoms with E-state index in [-0.39, 0.29) is 5.75 Å². The van der Waals surface area contributed by atoms with Gasteiger partial charge in [0.15, 0.2) is 0 Å². The van der Waals surface area contributed by atoms with Crippen LogP contribution in [0.3, 0.4) is 0 Å². The molecule has 0 bridgehead atoms. The highest BCUT2D eigenvalue weighted by atomic mass is 32.2. The third kappa shape index (κ3) is 4.95. The van der Waals surface area contributed by atoms with Crippen molar-refractivity contribution in [3.63, 3.8) is 0 Å². The summed E-state index contributed by atoms with van der Waals surface area (Å²) in [4.78, 5) is 37.5. The molecule has 11 heteroatoms. The fraction of sp³-hybridized carbons (Fsp3) is 0.550. The molecule has 3 fully saturated rings. The van der Waals surface area contributed by atoms with E-state index in [1.807, 2.05) is 0 Å². The first-order valence-electron chi connectivity index (χ1n) is 10.1. The van der Waals surface area contributed by atoms with Crippen molar-refractivity contribution in [3.05, 3.63) is 29.8 Å². The number of nitrogens with two attached hydrogens (primary N) is 1. The Bertz CT molecular complexity index is 818. The summed E-state index contributed by atoms with van der Waals surface area (Å²) in [6.45, 7) is 8.09. The number of nitrogens with zero attached hydrogens (tertiary/aromatic N) is 1. The number of hydrogen-bond donors (Lipinski definition) is 6. The molecule has 4 atom stereocenters. The Balaban J connectivity index is 0.000000391. The van der Waals surface area contributed by atoms with Crippen molar-refractivity contribution in [1.82, 2.24) is 20.9 Å². The van der Waals surface area contributed by atoms with E-state index in [2.05, 4.69) is 16.0 Å². The fourth-order valence-corrected chi connectivity index (χ4v) is 5.45. The number of thioether (sulfide) groups is 1. The van der Waals surface area contributed by atoms with Crippen LogP contribution in [-0.4, -0.2) is 81.3 Å².